The largest absolute Gasteiger partial charge is 0.328 e. The zero-order valence-corrected chi connectivity index (χ0v) is 17.2. The average Bonchev–Trinajstić information content (AvgIpc) is 3.15. The first-order valence-electron chi connectivity index (χ1n) is 9.61. The first-order valence-corrected chi connectivity index (χ1v) is 11.0. The number of rotatable bonds is 4. The highest BCUT2D eigenvalue weighted by Crippen LogP contribution is 2.42. The van der Waals surface area contributed by atoms with E-state index in [0.717, 1.165) is 35.4 Å². The zero-order chi connectivity index (χ0) is 19.8. The highest BCUT2D eigenvalue weighted by atomic mass is 35.5. The number of anilines is 1. The van der Waals surface area contributed by atoms with Gasteiger partial charge >= 0.3 is 0 Å². The Bertz CT molecular complexity index is 1110. The zero-order valence-electron chi connectivity index (χ0n) is 15.6. The molecule has 146 valence electrons. The number of aromatic nitrogens is 3. The molecule has 0 bridgehead atoms. The third-order valence-electron chi connectivity index (χ3n) is 5.26. The van der Waals surface area contributed by atoms with Crippen LogP contribution in [0.3, 0.4) is 0 Å². The lowest BCUT2D eigenvalue weighted by Crippen LogP contribution is -2.31. The summed E-state index contributed by atoms with van der Waals surface area (Å²) in [4.78, 5) is 17.5. The van der Waals surface area contributed by atoms with Crippen molar-refractivity contribution >= 4 is 35.1 Å². The van der Waals surface area contributed by atoms with Gasteiger partial charge in [-0.3, -0.25) is 4.79 Å². The lowest BCUT2D eigenvalue weighted by atomic mass is 9.85. The molecule has 1 aliphatic carbocycles. The number of hydrogen-bond acceptors (Lipinski definition) is 5. The van der Waals surface area contributed by atoms with E-state index in [2.05, 4.69) is 17.4 Å². The number of carbonyl (C=O) groups is 1. The summed E-state index contributed by atoms with van der Waals surface area (Å²) in [7, 11) is 0. The number of hydrogen-bond donors (Lipinski definition) is 1. The third-order valence-corrected chi connectivity index (χ3v) is 6.51. The summed E-state index contributed by atoms with van der Waals surface area (Å²) in [6.07, 6.45) is 2.24. The van der Waals surface area contributed by atoms with E-state index in [1.54, 1.807) is 11.8 Å². The Kier molecular flexibility index (Phi) is 4.89. The molecule has 0 unspecified atom stereocenters. The molecule has 1 aliphatic heterocycles. The van der Waals surface area contributed by atoms with Crippen LogP contribution >= 0.6 is 23.4 Å². The van der Waals surface area contributed by atoms with E-state index in [9.17, 15) is 4.79 Å². The van der Waals surface area contributed by atoms with Gasteiger partial charge in [-0.05, 0) is 24.5 Å². The van der Waals surface area contributed by atoms with Gasteiger partial charge < -0.3 is 5.32 Å². The van der Waals surface area contributed by atoms with Crippen LogP contribution in [-0.4, -0.2) is 20.5 Å². The SMILES string of the molecule is O=C1CCCC2=C1[C@@H](c1ccccc1Cl)n1nc(SCc3ccccc3)nc1N2. The fraction of sp³-hybridized carbons (Fsp3) is 0.227. The molecule has 0 saturated heterocycles. The van der Waals surface area contributed by atoms with Crippen molar-refractivity contribution in [2.75, 3.05) is 5.32 Å². The summed E-state index contributed by atoms with van der Waals surface area (Å²) in [5, 5.41) is 9.42. The Morgan fingerprint density at radius 2 is 1.90 bits per heavy atom. The van der Waals surface area contributed by atoms with Crippen molar-refractivity contribution in [2.24, 2.45) is 0 Å². The van der Waals surface area contributed by atoms with Crippen LogP contribution in [0.2, 0.25) is 5.02 Å². The van der Waals surface area contributed by atoms with Crippen LogP contribution in [0.15, 0.2) is 71.0 Å². The molecule has 0 spiro atoms. The number of allylic oxidation sites excluding steroid dienone is 2. The highest BCUT2D eigenvalue weighted by Gasteiger charge is 2.37. The molecule has 1 atom stereocenters. The van der Waals surface area contributed by atoms with Crippen molar-refractivity contribution in [3.8, 4) is 0 Å². The predicted octanol–water partition coefficient (Wildman–Crippen LogP) is 5.25. The number of nitrogens with one attached hydrogen (secondary N) is 1. The molecule has 5 nitrogen and oxygen atoms in total. The fourth-order valence-corrected chi connectivity index (χ4v) is 4.93. The quantitative estimate of drug-likeness (QED) is 0.582. The predicted molar refractivity (Wildman–Crippen MR) is 115 cm³/mol. The molecule has 2 heterocycles. The summed E-state index contributed by atoms with van der Waals surface area (Å²) in [6, 6.07) is 17.6. The van der Waals surface area contributed by atoms with Gasteiger partial charge in [0.2, 0.25) is 11.1 Å². The number of halogens is 1. The molecule has 0 radical (unpaired) electrons. The second-order valence-corrected chi connectivity index (χ2v) is 8.50. The lowest BCUT2D eigenvalue weighted by molar-refractivity contribution is -0.116. The fourth-order valence-electron chi connectivity index (χ4n) is 3.90. The molecule has 2 aliphatic rings. The van der Waals surface area contributed by atoms with Crippen molar-refractivity contribution in [3.63, 3.8) is 0 Å². The van der Waals surface area contributed by atoms with Gasteiger partial charge in [-0.1, -0.05) is 71.9 Å². The maximum Gasteiger partial charge on any atom is 0.227 e. The molecule has 2 aromatic carbocycles. The number of ketones is 1. The number of fused-ring (bicyclic) bond motifs is 1. The molecular formula is C22H19ClN4OS. The van der Waals surface area contributed by atoms with Crippen LogP contribution < -0.4 is 5.32 Å². The highest BCUT2D eigenvalue weighted by molar-refractivity contribution is 7.98. The van der Waals surface area contributed by atoms with Crippen LogP contribution in [0.5, 0.6) is 0 Å². The van der Waals surface area contributed by atoms with Gasteiger partial charge in [-0.15, -0.1) is 5.10 Å². The molecule has 3 aromatic rings. The molecule has 0 saturated carbocycles. The topological polar surface area (TPSA) is 59.8 Å². The second-order valence-electron chi connectivity index (χ2n) is 7.15. The van der Waals surface area contributed by atoms with Crippen molar-refractivity contribution in [1.82, 2.24) is 14.8 Å². The van der Waals surface area contributed by atoms with Crippen LogP contribution in [0.1, 0.15) is 36.4 Å². The molecular weight excluding hydrogens is 404 g/mol. The maximum atomic E-state index is 12.8. The molecule has 29 heavy (non-hydrogen) atoms. The minimum Gasteiger partial charge on any atom is -0.328 e. The van der Waals surface area contributed by atoms with Crippen LogP contribution in [-0.2, 0) is 10.5 Å². The van der Waals surface area contributed by atoms with Gasteiger partial charge in [0.1, 0.15) is 6.04 Å². The van der Waals surface area contributed by atoms with E-state index in [1.165, 1.54) is 5.56 Å². The minimum absolute atomic E-state index is 0.156. The Morgan fingerprint density at radius 1 is 1.10 bits per heavy atom. The number of nitrogens with zero attached hydrogens (tertiary/aromatic N) is 3. The van der Waals surface area contributed by atoms with Gasteiger partial charge in [0.25, 0.3) is 0 Å². The summed E-state index contributed by atoms with van der Waals surface area (Å²) >= 11 is 8.11. The van der Waals surface area contributed by atoms with Gasteiger partial charge in [0.05, 0.1) is 0 Å². The normalized spacial score (nSPS) is 18.2. The van der Waals surface area contributed by atoms with Crippen molar-refractivity contribution in [2.45, 2.75) is 36.2 Å². The molecule has 7 heteroatoms. The van der Waals surface area contributed by atoms with E-state index in [4.69, 9.17) is 21.7 Å². The summed E-state index contributed by atoms with van der Waals surface area (Å²) in [5.41, 5.74) is 3.81. The van der Waals surface area contributed by atoms with E-state index < -0.39 is 0 Å². The van der Waals surface area contributed by atoms with Crippen LogP contribution in [0.25, 0.3) is 0 Å². The second kappa shape index (κ2) is 7.69. The Labute approximate surface area is 178 Å². The number of thioether (sulfide) groups is 1. The van der Waals surface area contributed by atoms with Gasteiger partial charge in [0, 0.05) is 34.0 Å². The summed E-state index contributed by atoms with van der Waals surface area (Å²) < 4.78 is 1.82. The van der Waals surface area contributed by atoms with Crippen molar-refractivity contribution < 1.29 is 4.79 Å². The van der Waals surface area contributed by atoms with Crippen molar-refractivity contribution in [1.29, 1.82) is 0 Å². The molecule has 0 fully saturated rings. The van der Waals surface area contributed by atoms with Crippen LogP contribution in [0, 0.1) is 0 Å². The van der Waals surface area contributed by atoms with Gasteiger partial charge in [-0.2, -0.15) is 4.98 Å². The minimum atomic E-state index is -0.346. The average molecular weight is 423 g/mol. The maximum absolute atomic E-state index is 12.8. The Morgan fingerprint density at radius 3 is 2.72 bits per heavy atom. The summed E-state index contributed by atoms with van der Waals surface area (Å²) in [5.74, 6) is 1.61. The molecule has 1 N–H and O–H groups in total. The monoisotopic (exact) mass is 422 g/mol. The van der Waals surface area contributed by atoms with Gasteiger partial charge in [0.15, 0.2) is 5.78 Å². The van der Waals surface area contributed by atoms with E-state index >= 15 is 0 Å². The standard InChI is InChI=1S/C22H19ClN4OS/c23-16-10-5-4-9-15(16)20-19-17(11-6-12-18(19)28)24-21-25-22(26-27(20)21)29-13-14-7-2-1-3-8-14/h1-5,7-10,20H,6,11-13H2,(H,24,25,26)/t20-/m1/s1. The van der Waals surface area contributed by atoms with Gasteiger partial charge in [-0.25, -0.2) is 4.68 Å². The lowest BCUT2D eigenvalue weighted by Gasteiger charge is -2.32. The van der Waals surface area contributed by atoms with E-state index in [0.29, 0.717) is 22.5 Å². The number of benzene rings is 2. The van der Waals surface area contributed by atoms with Crippen molar-refractivity contribution in [3.05, 3.63) is 82.0 Å². The Hall–Kier alpha value is -2.57. The first-order chi connectivity index (χ1) is 14.2. The molecule has 5 rings (SSSR count). The number of carbonyl (C=O) groups excluding carboxylic acids is 1. The van der Waals surface area contributed by atoms with E-state index in [-0.39, 0.29) is 11.8 Å². The number of Topliss-reactive ketones (excluding diaryl/α,β-unsaturated/α-hetero) is 1. The van der Waals surface area contributed by atoms with Crippen LogP contribution in [0.4, 0.5) is 5.95 Å². The molecule has 1 aromatic heterocycles. The summed E-state index contributed by atoms with van der Waals surface area (Å²) in [6.45, 7) is 0. The van der Waals surface area contributed by atoms with E-state index in [1.807, 2.05) is 47.1 Å². The molecule has 0 amide bonds. The smallest absolute Gasteiger partial charge is 0.227 e. The third kappa shape index (κ3) is 3.47. The first kappa shape index (κ1) is 18.5. The Balaban J connectivity index is 1.54.